The molecule has 2 rings (SSSR count). The average molecular weight is 291 g/mol. The zero-order chi connectivity index (χ0) is 15.4. The fraction of sp³-hybridized carbons (Fsp3) is 0.294. The Morgan fingerprint density at radius 3 is 2.43 bits per heavy atom. The minimum atomic E-state index is -0.813. The van der Waals surface area contributed by atoms with Gasteiger partial charge in [0.1, 0.15) is 5.75 Å². The molecule has 0 aliphatic heterocycles. The normalized spacial score (nSPS) is 12.2. The summed E-state index contributed by atoms with van der Waals surface area (Å²) in [5, 5.41) is 3.19. The minimum absolute atomic E-state index is 0.282. The summed E-state index contributed by atoms with van der Waals surface area (Å²) in [7, 11) is 1.56. The van der Waals surface area contributed by atoms with E-state index >= 15 is 0 Å². The highest BCUT2D eigenvalue weighted by molar-refractivity contribution is 5.42. The third kappa shape index (κ3) is 3.05. The molecule has 1 unspecified atom stereocenters. The lowest BCUT2D eigenvalue weighted by Crippen LogP contribution is -2.24. The van der Waals surface area contributed by atoms with Crippen LogP contribution in [0.1, 0.15) is 29.7 Å². The summed E-state index contributed by atoms with van der Waals surface area (Å²) in [6, 6.07) is 10.1. The van der Waals surface area contributed by atoms with E-state index in [4.69, 9.17) is 4.74 Å². The maximum atomic E-state index is 14.3. The first-order valence-electron chi connectivity index (χ1n) is 6.91. The smallest absolute Gasteiger partial charge is 0.164 e. The first kappa shape index (κ1) is 15.4. The van der Waals surface area contributed by atoms with Crippen LogP contribution in [0, 0.1) is 18.6 Å². The highest BCUT2D eigenvalue weighted by Gasteiger charge is 2.22. The van der Waals surface area contributed by atoms with Crippen LogP contribution >= 0.6 is 0 Å². The quantitative estimate of drug-likeness (QED) is 0.899. The number of aryl methyl sites for hydroxylation is 1. The number of nitrogens with one attached hydrogen (secondary N) is 1. The second kappa shape index (κ2) is 6.68. The number of ether oxygens (including phenoxy) is 1. The van der Waals surface area contributed by atoms with Crippen LogP contribution in [0.3, 0.4) is 0 Å². The van der Waals surface area contributed by atoms with Gasteiger partial charge in [-0.15, -0.1) is 0 Å². The predicted octanol–water partition coefficient (Wildman–Crippen LogP) is 3.98. The van der Waals surface area contributed by atoms with Crippen LogP contribution in [0.5, 0.6) is 5.75 Å². The molecule has 0 saturated carbocycles. The van der Waals surface area contributed by atoms with Gasteiger partial charge in [0.25, 0.3) is 0 Å². The summed E-state index contributed by atoms with van der Waals surface area (Å²) in [6.45, 7) is 4.09. The maximum Gasteiger partial charge on any atom is 0.164 e. The Hall–Kier alpha value is -1.94. The lowest BCUT2D eigenvalue weighted by molar-refractivity contribution is 0.402. The molecular formula is C17H19F2NO. The lowest BCUT2D eigenvalue weighted by Gasteiger charge is -2.22. The zero-order valence-corrected chi connectivity index (χ0v) is 12.4. The van der Waals surface area contributed by atoms with Gasteiger partial charge in [-0.2, -0.15) is 0 Å². The van der Waals surface area contributed by atoms with E-state index in [2.05, 4.69) is 5.32 Å². The molecule has 0 fully saturated rings. The summed E-state index contributed by atoms with van der Waals surface area (Å²) in [4.78, 5) is 0. The second-order valence-corrected chi connectivity index (χ2v) is 4.83. The number of hydrogen-bond acceptors (Lipinski definition) is 2. The summed E-state index contributed by atoms with van der Waals surface area (Å²) < 4.78 is 33.5. The van der Waals surface area contributed by atoms with E-state index < -0.39 is 17.7 Å². The largest absolute Gasteiger partial charge is 0.496 e. The maximum absolute atomic E-state index is 14.3. The third-order valence-corrected chi connectivity index (χ3v) is 3.47. The van der Waals surface area contributed by atoms with Gasteiger partial charge >= 0.3 is 0 Å². The number of benzene rings is 2. The van der Waals surface area contributed by atoms with E-state index in [1.54, 1.807) is 26.2 Å². The molecule has 2 aromatic rings. The fourth-order valence-electron chi connectivity index (χ4n) is 2.38. The Kier molecular flexibility index (Phi) is 4.91. The molecule has 2 nitrogen and oxygen atoms in total. The van der Waals surface area contributed by atoms with Crippen LogP contribution in [0.25, 0.3) is 0 Å². The summed E-state index contributed by atoms with van der Waals surface area (Å²) in [5.74, 6) is -0.971. The molecule has 0 radical (unpaired) electrons. The van der Waals surface area contributed by atoms with Gasteiger partial charge in [0, 0.05) is 11.1 Å². The van der Waals surface area contributed by atoms with Gasteiger partial charge in [-0.25, -0.2) is 8.78 Å². The van der Waals surface area contributed by atoms with Crippen molar-refractivity contribution in [1.82, 2.24) is 5.32 Å². The van der Waals surface area contributed by atoms with Crippen molar-refractivity contribution in [3.63, 3.8) is 0 Å². The number of methoxy groups -OCH3 is 1. The van der Waals surface area contributed by atoms with Crippen molar-refractivity contribution in [3.05, 3.63) is 64.7 Å². The van der Waals surface area contributed by atoms with Crippen molar-refractivity contribution in [2.24, 2.45) is 0 Å². The van der Waals surface area contributed by atoms with E-state index in [0.29, 0.717) is 17.9 Å². The third-order valence-electron chi connectivity index (χ3n) is 3.47. The summed E-state index contributed by atoms with van der Waals surface area (Å²) in [5.41, 5.74) is 1.36. The highest BCUT2D eigenvalue weighted by Crippen LogP contribution is 2.32. The van der Waals surface area contributed by atoms with Gasteiger partial charge < -0.3 is 10.1 Å². The highest BCUT2D eigenvalue weighted by atomic mass is 19.2. The van der Waals surface area contributed by atoms with E-state index in [9.17, 15) is 8.78 Å². The Morgan fingerprint density at radius 1 is 1.05 bits per heavy atom. The second-order valence-electron chi connectivity index (χ2n) is 4.83. The minimum Gasteiger partial charge on any atom is -0.496 e. The van der Waals surface area contributed by atoms with Crippen molar-refractivity contribution in [1.29, 1.82) is 0 Å². The Balaban J connectivity index is 2.56. The van der Waals surface area contributed by atoms with Crippen molar-refractivity contribution in [3.8, 4) is 5.75 Å². The SMILES string of the molecule is CCNC(c1ccccc1OC)c1ccc(C)c(F)c1F. The van der Waals surface area contributed by atoms with Crippen molar-refractivity contribution in [2.75, 3.05) is 13.7 Å². The average Bonchev–Trinajstić information content (AvgIpc) is 2.51. The molecule has 0 spiro atoms. The van der Waals surface area contributed by atoms with Gasteiger partial charge in [0.05, 0.1) is 13.2 Å². The Labute approximate surface area is 123 Å². The molecule has 112 valence electrons. The molecule has 0 saturated heterocycles. The van der Waals surface area contributed by atoms with E-state index in [1.165, 1.54) is 0 Å². The van der Waals surface area contributed by atoms with Gasteiger partial charge in [0.2, 0.25) is 0 Å². The topological polar surface area (TPSA) is 21.3 Å². The van der Waals surface area contributed by atoms with Gasteiger partial charge in [0.15, 0.2) is 11.6 Å². The van der Waals surface area contributed by atoms with Gasteiger partial charge in [-0.05, 0) is 25.1 Å². The molecule has 0 amide bonds. The predicted molar refractivity (Wildman–Crippen MR) is 79.6 cm³/mol. The molecule has 4 heteroatoms. The number of rotatable bonds is 5. The molecule has 2 aromatic carbocycles. The standard InChI is InChI=1S/C17H19F2NO/c1-4-20-17(12-7-5-6-8-14(12)21-3)13-10-9-11(2)15(18)16(13)19/h5-10,17,20H,4H2,1-3H3. The lowest BCUT2D eigenvalue weighted by atomic mass is 9.96. The van der Waals surface area contributed by atoms with Crippen LogP contribution in [-0.2, 0) is 0 Å². The fourth-order valence-corrected chi connectivity index (χ4v) is 2.38. The van der Waals surface area contributed by atoms with Crippen molar-refractivity contribution < 1.29 is 13.5 Å². The van der Waals surface area contributed by atoms with Crippen molar-refractivity contribution in [2.45, 2.75) is 19.9 Å². The monoisotopic (exact) mass is 291 g/mol. The first-order valence-corrected chi connectivity index (χ1v) is 6.91. The molecular weight excluding hydrogens is 272 g/mol. The Morgan fingerprint density at radius 2 is 1.76 bits per heavy atom. The summed E-state index contributed by atoms with van der Waals surface area (Å²) in [6.07, 6.45) is 0. The van der Waals surface area contributed by atoms with Crippen LogP contribution < -0.4 is 10.1 Å². The van der Waals surface area contributed by atoms with Crippen LogP contribution in [0.15, 0.2) is 36.4 Å². The number of hydrogen-bond donors (Lipinski definition) is 1. The first-order chi connectivity index (χ1) is 10.1. The zero-order valence-electron chi connectivity index (χ0n) is 12.4. The molecule has 0 aliphatic carbocycles. The summed E-state index contributed by atoms with van der Waals surface area (Å²) >= 11 is 0. The van der Waals surface area contributed by atoms with Crippen LogP contribution in [-0.4, -0.2) is 13.7 Å². The Bertz CT molecular complexity index is 628. The molecule has 0 aromatic heterocycles. The van der Waals surface area contributed by atoms with Crippen molar-refractivity contribution >= 4 is 0 Å². The molecule has 1 N–H and O–H groups in total. The van der Waals surface area contributed by atoms with E-state index in [-0.39, 0.29) is 5.56 Å². The number of halogens is 2. The molecule has 21 heavy (non-hydrogen) atoms. The molecule has 0 bridgehead atoms. The molecule has 0 heterocycles. The number of para-hydroxylation sites is 1. The van der Waals surface area contributed by atoms with E-state index in [0.717, 1.165) is 5.56 Å². The van der Waals surface area contributed by atoms with Gasteiger partial charge in [-0.3, -0.25) is 0 Å². The van der Waals surface area contributed by atoms with E-state index in [1.807, 2.05) is 31.2 Å². The van der Waals surface area contributed by atoms with Crippen LogP contribution in [0.2, 0.25) is 0 Å². The van der Waals surface area contributed by atoms with Gasteiger partial charge in [-0.1, -0.05) is 37.3 Å². The van der Waals surface area contributed by atoms with Crippen LogP contribution in [0.4, 0.5) is 8.78 Å². The molecule has 1 atom stereocenters. The molecule has 0 aliphatic rings.